The molecule has 0 unspecified atom stereocenters. The monoisotopic (exact) mass is 275 g/mol. The van der Waals surface area contributed by atoms with Crippen molar-refractivity contribution in [2.24, 2.45) is 11.8 Å². The minimum atomic E-state index is 0.565. The van der Waals surface area contributed by atoms with Gasteiger partial charge in [0.25, 0.3) is 0 Å². The van der Waals surface area contributed by atoms with Gasteiger partial charge in [-0.05, 0) is 38.0 Å². The average molecular weight is 275 g/mol. The van der Waals surface area contributed by atoms with E-state index in [-0.39, 0.29) is 0 Å². The molecular formula is C17H29N3. The van der Waals surface area contributed by atoms with Gasteiger partial charge in [-0.2, -0.15) is 0 Å². The number of aromatic nitrogens is 2. The van der Waals surface area contributed by atoms with Crippen LogP contribution in [0.1, 0.15) is 70.8 Å². The summed E-state index contributed by atoms with van der Waals surface area (Å²) in [7, 11) is 0. The van der Waals surface area contributed by atoms with Gasteiger partial charge in [0.05, 0.1) is 0 Å². The molecule has 1 aliphatic rings. The normalized spacial score (nSPS) is 23.1. The van der Waals surface area contributed by atoms with Crippen LogP contribution in [0.2, 0.25) is 0 Å². The molecule has 1 fully saturated rings. The lowest BCUT2D eigenvalue weighted by atomic mass is 9.82. The predicted octanol–water partition coefficient (Wildman–Crippen LogP) is 4.40. The number of anilines is 1. The van der Waals surface area contributed by atoms with Crippen LogP contribution in [0.25, 0.3) is 0 Å². The van der Waals surface area contributed by atoms with Crippen LogP contribution in [0.5, 0.6) is 0 Å². The van der Waals surface area contributed by atoms with Gasteiger partial charge in [-0.3, -0.25) is 0 Å². The average Bonchev–Trinajstić information content (AvgIpc) is 2.38. The maximum absolute atomic E-state index is 4.85. The van der Waals surface area contributed by atoms with E-state index in [1.54, 1.807) is 0 Å². The maximum Gasteiger partial charge on any atom is 0.134 e. The lowest BCUT2D eigenvalue weighted by Gasteiger charge is -2.25. The number of hydrogen-bond acceptors (Lipinski definition) is 3. The summed E-state index contributed by atoms with van der Waals surface area (Å²) < 4.78 is 0. The Morgan fingerprint density at radius 2 is 1.90 bits per heavy atom. The molecular weight excluding hydrogens is 246 g/mol. The Kier molecular flexibility index (Phi) is 5.38. The van der Waals surface area contributed by atoms with Crippen molar-refractivity contribution in [3.05, 3.63) is 17.6 Å². The van der Waals surface area contributed by atoms with Crippen LogP contribution in [0.4, 0.5) is 5.82 Å². The molecule has 1 aromatic heterocycles. The van der Waals surface area contributed by atoms with E-state index in [1.165, 1.54) is 31.4 Å². The number of nitrogens with zero attached hydrogens (tertiary/aromatic N) is 2. The van der Waals surface area contributed by atoms with Crippen molar-refractivity contribution in [2.45, 2.75) is 65.7 Å². The molecule has 1 N–H and O–H groups in total. The quantitative estimate of drug-likeness (QED) is 0.865. The van der Waals surface area contributed by atoms with E-state index in [9.17, 15) is 0 Å². The summed E-state index contributed by atoms with van der Waals surface area (Å²) in [6.45, 7) is 9.88. The first-order valence-corrected chi connectivity index (χ1v) is 8.20. The predicted molar refractivity (Wildman–Crippen MR) is 85.1 cm³/mol. The molecule has 3 heteroatoms. The van der Waals surface area contributed by atoms with Gasteiger partial charge in [-0.1, -0.05) is 33.6 Å². The maximum atomic E-state index is 4.85. The molecule has 0 spiro atoms. The Balaban J connectivity index is 2.19. The third-order valence-electron chi connectivity index (χ3n) is 4.15. The molecule has 112 valence electrons. The summed E-state index contributed by atoms with van der Waals surface area (Å²) in [5.41, 5.74) is 1.19. The summed E-state index contributed by atoms with van der Waals surface area (Å²) in [6, 6.07) is 2.12. The summed E-state index contributed by atoms with van der Waals surface area (Å²) in [5.74, 6) is 4.16. The highest BCUT2D eigenvalue weighted by Gasteiger charge is 2.22. The van der Waals surface area contributed by atoms with E-state index in [4.69, 9.17) is 9.97 Å². The van der Waals surface area contributed by atoms with Gasteiger partial charge >= 0.3 is 0 Å². The molecule has 2 rings (SSSR count). The van der Waals surface area contributed by atoms with Gasteiger partial charge in [0.2, 0.25) is 0 Å². The topological polar surface area (TPSA) is 37.8 Å². The SMILES string of the molecule is CCNc1cc(CC(C)C)nc(C2CCC(C)CC2)n1. The number of hydrogen-bond donors (Lipinski definition) is 1. The lowest BCUT2D eigenvalue weighted by molar-refractivity contribution is 0.339. The fourth-order valence-electron chi connectivity index (χ4n) is 3.01. The molecule has 0 saturated heterocycles. The minimum absolute atomic E-state index is 0.565. The number of nitrogens with one attached hydrogen (secondary N) is 1. The highest BCUT2D eigenvalue weighted by molar-refractivity contribution is 5.36. The molecule has 1 aromatic rings. The molecule has 0 aromatic carbocycles. The van der Waals surface area contributed by atoms with E-state index in [0.717, 1.165) is 30.5 Å². The van der Waals surface area contributed by atoms with Gasteiger partial charge < -0.3 is 5.32 Å². The highest BCUT2D eigenvalue weighted by atomic mass is 15.0. The molecule has 0 radical (unpaired) electrons. The first kappa shape index (κ1) is 15.3. The molecule has 3 nitrogen and oxygen atoms in total. The lowest BCUT2D eigenvalue weighted by Crippen LogP contribution is -2.16. The van der Waals surface area contributed by atoms with E-state index in [1.807, 2.05) is 0 Å². The third kappa shape index (κ3) is 4.19. The summed E-state index contributed by atoms with van der Waals surface area (Å²) in [6.07, 6.45) is 6.17. The van der Waals surface area contributed by atoms with Crippen LogP contribution < -0.4 is 5.32 Å². The van der Waals surface area contributed by atoms with Gasteiger partial charge in [0.1, 0.15) is 11.6 Å². The summed E-state index contributed by atoms with van der Waals surface area (Å²) in [5, 5.41) is 3.36. The van der Waals surface area contributed by atoms with E-state index < -0.39 is 0 Å². The van der Waals surface area contributed by atoms with Crippen LogP contribution in [0, 0.1) is 11.8 Å². The second-order valence-electron chi connectivity index (χ2n) is 6.69. The Morgan fingerprint density at radius 1 is 1.20 bits per heavy atom. The fourth-order valence-corrected chi connectivity index (χ4v) is 3.01. The van der Waals surface area contributed by atoms with Crippen molar-refractivity contribution in [2.75, 3.05) is 11.9 Å². The molecule has 1 heterocycles. The van der Waals surface area contributed by atoms with Crippen LogP contribution in [-0.2, 0) is 6.42 Å². The van der Waals surface area contributed by atoms with E-state index >= 15 is 0 Å². The molecule has 0 bridgehead atoms. The molecule has 1 saturated carbocycles. The Hall–Kier alpha value is -1.12. The largest absolute Gasteiger partial charge is 0.370 e. The van der Waals surface area contributed by atoms with Crippen LogP contribution in [-0.4, -0.2) is 16.5 Å². The molecule has 1 aliphatic carbocycles. The second kappa shape index (κ2) is 7.05. The van der Waals surface area contributed by atoms with Crippen molar-refractivity contribution in [1.29, 1.82) is 0 Å². The highest BCUT2D eigenvalue weighted by Crippen LogP contribution is 2.34. The minimum Gasteiger partial charge on any atom is -0.370 e. The number of rotatable bonds is 5. The van der Waals surface area contributed by atoms with Crippen molar-refractivity contribution in [3.8, 4) is 0 Å². The summed E-state index contributed by atoms with van der Waals surface area (Å²) >= 11 is 0. The first-order valence-electron chi connectivity index (χ1n) is 8.20. The van der Waals surface area contributed by atoms with E-state index in [2.05, 4.69) is 39.1 Å². The zero-order valence-electron chi connectivity index (χ0n) is 13.4. The standard InChI is InChI=1S/C17H29N3/c1-5-18-16-11-15(10-12(2)3)19-17(20-16)14-8-6-13(4)7-9-14/h11-14H,5-10H2,1-4H3,(H,18,19,20). The van der Waals surface area contributed by atoms with Crippen molar-refractivity contribution in [1.82, 2.24) is 9.97 Å². The van der Waals surface area contributed by atoms with Crippen molar-refractivity contribution < 1.29 is 0 Å². The first-order chi connectivity index (χ1) is 9.58. The Labute approximate surface area is 123 Å². The van der Waals surface area contributed by atoms with E-state index in [0.29, 0.717) is 11.8 Å². The Bertz CT molecular complexity index is 420. The molecule has 0 aliphatic heterocycles. The van der Waals surface area contributed by atoms with Crippen molar-refractivity contribution in [3.63, 3.8) is 0 Å². The van der Waals surface area contributed by atoms with Gasteiger partial charge in [0, 0.05) is 24.2 Å². The summed E-state index contributed by atoms with van der Waals surface area (Å²) in [4.78, 5) is 9.61. The molecule has 0 amide bonds. The zero-order valence-corrected chi connectivity index (χ0v) is 13.4. The Morgan fingerprint density at radius 3 is 2.50 bits per heavy atom. The second-order valence-corrected chi connectivity index (χ2v) is 6.69. The van der Waals surface area contributed by atoms with Gasteiger partial charge in [-0.25, -0.2) is 9.97 Å². The third-order valence-corrected chi connectivity index (χ3v) is 4.15. The van der Waals surface area contributed by atoms with Crippen molar-refractivity contribution >= 4 is 5.82 Å². The zero-order chi connectivity index (χ0) is 14.5. The van der Waals surface area contributed by atoms with Crippen LogP contribution in [0.15, 0.2) is 6.07 Å². The van der Waals surface area contributed by atoms with Gasteiger partial charge in [-0.15, -0.1) is 0 Å². The fraction of sp³-hybridized carbons (Fsp3) is 0.765. The van der Waals surface area contributed by atoms with Gasteiger partial charge in [0.15, 0.2) is 0 Å². The van der Waals surface area contributed by atoms with Crippen LogP contribution >= 0.6 is 0 Å². The molecule has 0 atom stereocenters. The van der Waals surface area contributed by atoms with Crippen LogP contribution in [0.3, 0.4) is 0 Å². The smallest absolute Gasteiger partial charge is 0.134 e. The molecule has 20 heavy (non-hydrogen) atoms.